The van der Waals surface area contributed by atoms with Gasteiger partial charge in [-0.15, -0.1) is 10.2 Å². The first kappa shape index (κ1) is 19.8. The molecule has 1 aliphatic heterocycles. The maximum absolute atomic E-state index is 13.2. The van der Waals surface area contributed by atoms with E-state index < -0.39 is 5.25 Å². The number of carbonyl (C=O) groups is 1. The quantitative estimate of drug-likeness (QED) is 0.579. The molecule has 29 heavy (non-hydrogen) atoms. The molecule has 0 unspecified atom stereocenters. The van der Waals surface area contributed by atoms with Gasteiger partial charge in [0.25, 0.3) is 0 Å². The van der Waals surface area contributed by atoms with Crippen LogP contribution in [0.5, 0.6) is 5.75 Å². The molecule has 1 amide bonds. The Morgan fingerprint density at radius 1 is 1.21 bits per heavy atom. The molecule has 0 saturated carbocycles. The van der Waals surface area contributed by atoms with Gasteiger partial charge in [-0.1, -0.05) is 39.8 Å². The Kier molecular flexibility index (Phi) is 5.77. The number of ether oxygens (including phenoxy) is 1. The van der Waals surface area contributed by atoms with E-state index in [1.54, 1.807) is 0 Å². The smallest absolute Gasteiger partial charge is 0.240 e. The van der Waals surface area contributed by atoms with Crippen LogP contribution in [0.4, 0.5) is 5.69 Å². The van der Waals surface area contributed by atoms with E-state index in [1.807, 2.05) is 67.1 Å². The number of rotatable bonds is 5. The van der Waals surface area contributed by atoms with Crippen molar-refractivity contribution in [3.8, 4) is 5.75 Å². The molecule has 0 radical (unpaired) electrons. The van der Waals surface area contributed by atoms with Crippen molar-refractivity contribution in [3.05, 3.63) is 64.4 Å². The summed E-state index contributed by atoms with van der Waals surface area (Å²) < 4.78 is 8.33. The third-order valence-electron chi connectivity index (χ3n) is 4.52. The van der Waals surface area contributed by atoms with Crippen LogP contribution in [0.25, 0.3) is 0 Å². The third-order valence-corrected chi connectivity index (χ3v) is 6.26. The number of benzene rings is 2. The molecule has 4 rings (SSSR count). The number of aromatic nitrogens is 3. The van der Waals surface area contributed by atoms with Gasteiger partial charge in [-0.3, -0.25) is 4.79 Å². The average Bonchev–Trinajstić information content (AvgIpc) is 3.10. The fraction of sp³-hybridized carbons (Fsp3) is 0.250. The highest BCUT2D eigenvalue weighted by Crippen LogP contribution is 2.38. The van der Waals surface area contributed by atoms with Gasteiger partial charge in [0, 0.05) is 10.2 Å². The molecular formula is C20H20BrN5O2S. The number of hydrogen-bond donors (Lipinski definition) is 2. The topological polar surface area (TPSA) is 81.1 Å². The number of nitrogens with one attached hydrogen (secondary N) is 2. The number of aryl methyl sites for hydroxylation is 1. The molecule has 2 heterocycles. The highest BCUT2D eigenvalue weighted by molar-refractivity contribution is 9.10. The van der Waals surface area contributed by atoms with Crippen molar-refractivity contribution in [2.75, 3.05) is 17.3 Å². The highest BCUT2D eigenvalue weighted by atomic mass is 79.9. The van der Waals surface area contributed by atoms with Gasteiger partial charge in [-0.25, -0.2) is 4.68 Å². The largest absolute Gasteiger partial charge is 0.494 e. The number of halogens is 1. The van der Waals surface area contributed by atoms with Gasteiger partial charge < -0.3 is 15.5 Å². The predicted molar refractivity (Wildman–Crippen MR) is 117 cm³/mol. The van der Waals surface area contributed by atoms with Gasteiger partial charge in [-0.2, -0.15) is 0 Å². The Labute approximate surface area is 181 Å². The Morgan fingerprint density at radius 2 is 1.93 bits per heavy atom. The second kappa shape index (κ2) is 8.46. The van der Waals surface area contributed by atoms with Gasteiger partial charge in [0.15, 0.2) is 0 Å². The summed E-state index contributed by atoms with van der Waals surface area (Å²) in [7, 11) is 0. The highest BCUT2D eigenvalue weighted by Gasteiger charge is 2.37. The molecular weight excluding hydrogens is 454 g/mol. The maximum Gasteiger partial charge on any atom is 0.240 e. The maximum atomic E-state index is 13.2. The molecule has 7 nitrogen and oxygen atoms in total. The molecule has 150 valence electrons. The SMILES string of the molecule is CCOc1ccc([C@H]2Nn3c(C)nnc3S[C@H]2C(=O)Nc2ccc(Br)cc2)cc1. The number of carbonyl (C=O) groups excluding carboxylic acids is 1. The molecule has 0 bridgehead atoms. The van der Waals surface area contributed by atoms with Crippen LogP contribution in [0.1, 0.15) is 24.4 Å². The molecule has 1 aliphatic rings. The monoisotopic (exact) mass is 473 g/mol. The van der Waals surface area contributed by atoms with Crippen LogP contribution in [0.3, 0.4) is 0 Å². The van der Waals surface area contributed by atoms with Crippen LogP contribution in [0.15, 0.2) is 58.2 Å². The van der Waals surface area contributed by atoms with Gasteiger partial charge in [0.2, 0.25) is 11.1 Å². The molecule has 2 N–H and O–H groups in total. The summed E-state index contributed by atoms with van der Waals surface area (Å²) in [6.07, 6.45) is 0. The second-order valence-electron chi connectivity index (χ2n) is 6.51. The Hall–Kier alpha value is -2.52. The van der Waals surface area contributed by atoms with Crippen molar-refractivity contribution >= 4 is 39.3 Å². The van der Waals surface area contributed by atoms with Crippen molar-refractivity contribution < 1.29 is 9.53 Å². The average molecular weight is 474 g/mol. The van der Waals surface area contributed by atoms with E-state index in [0.717, 1.165) is 27.3 Å². The summed E-state index contributed by atoms with van der Waals surface area (Å²) in [6, 6.07) is 15.1. The normalized spacial score (nSPS) is 17.9. The van der Waals surface area contributed by atoms with Crippen LogP contribution in [-0.2, 0) is 4.79 Å². The summed E-state index contributed by atoms with van der Waals surface area (Å²) in [5.74, 6) is 1.45. The molecule has 0 spiro atoms. The van der Waals surface area contributed by atoms with Crippen LogP contribution in [0, 0.1) is 6.92 Å². The molecule has 0 fully saturated rings. The minimum absolute atomic E-state index is 0.101. The van der Waals surface area contributed by atoms with E-state index >= 15 is 0 Å². The Balaban J connectivity index is 1.62. The summed E-state index contributed by atoms with van der Waals surface area (Å²) >= 11 is 4.81. The Morgan fingerprint density at radius 3 is 2.62 bits per heavy atom. The first-order chi connectivity index (χ1) is 14.0. The zero-order chi connectivity index (χ0) is 20.4. The van der Waals surface area contributed by atoms with Crippen LogP contribution >= 0.6 is 27.7 Å². The standard InChI is InChI=1S/C20H20BrN5O2S/c1-3-28-16-10-4-13(5-11-16)17-18(29-20-24-23-12(2)26(20)25-17)19(27)22-15-8-6-14(21)7-9-15/h4-11,17-18,25H,3H2,1-2H3,(H,22,27)/t17-,18-/m1/s1. The fourth-order valence-electron chi connectivity index (χ4n) is 3.10. The number of fused-ring (bicyclic) bond motifs is 1. The molecule has 3 aromatic rings. The summed E-state index contributed by atoms with van der Waals surface area (Å²) in [6.45, 7) is 4.44. The lowest BCUT2D eigenvalue weighted by molar-refractivity contribution is -0.116. The van der Waals surface area contributed by atoms with Crippen LogP contribution in [-0.4, -0.2) is 32.6 Å². The lowest BCUT2D eigenvalue weighted by Gasteiger charge is -2.32. The minimum Gasteiger partial charge on any atom is -0.494 e. The Bertz CT molecular complexity index is 1010. The second-order valence-corrected chi connectivity index (χ2v) is 8.53. The van der Waals surface area contributed by atoms with E-state index in [2.05, 4.69) is 36.9 Å². The third kappa shape index (κ3) is 4.25. The van der Waals surface area contributed by atoms with Crippen molar-refractivity contribution in [2.24, 2.45) is 0 Å². The number of anilines is 1. The van der Waals surface area contributed by atoms with E-state index in [4.69, 9.17) is 4.74 Å². The zero-order valence-electron chi connectivity index (χ0n) is 15.9. The first-order valence-corrected chi connectivity index (χ1v) is 10.9. The van der Waals surface area contributed by atoms with Crippen molar-refractivity contribution in [1.29, 1.82) is 0 Å². The fourth-order valence-corrected chi connectivity index (χ4v) is 4.48. The minimum atomic E-state index is -0.423. The summed E-state index contributed by atoms with van der Waals surface area (Å²) in [5, 5.41) is 11.6. The number of hydrogen-bond acceptors (Lipinski definition) is 6. The zero-order valence-corrected chi connectivity index (χ0v) is 18.3. The molecule has 1 aromatic heterocycles. The van der Waals surface area contributed by atoms with Crippen LogP contribution in [0.2, 0.25) is 0 Å². The lowest BCUT2D eigenvalue weighted by atomic mass is 10.0. The van der Waals surface area contributed by atoms with Crippen molar-refractivity contribution in [2.45, 2.75) is 30.3 Å². The summed E-state index contributed by atoms with van der Waals surface area (Å²) in [5.41, 5.74) is 5.13. The molecule has 9 heteroatoms. The van der Waals surface area contributed by atoms with Gasteiger partial charge in [-0.05, 0) is 55.8 Å². The number of amides is 1. The predicted octanol–water partition coefficient (Wildman–Crippen LogP) is 4.15. The number of nitrogens with zero attached hydrogens (tertiary/aromatic N) is 3. The first-order valence-electron chi connectivity index (χ1n) is 9.19. The van der Waals surface area contributed by atoms with E-state index in [9.17, 15) is 4.79 Å². The molecule has 0 aliphatic carbocycles. The van der Waals surface area contributed by atoms with Gasteiger partial charge in [0.1, 0.15) is 16.8 Å². The van der Waals surface area contributed by atoms with Crippen LogP contribution < -0.4 is 15.5 Å². The molecule has 2 atom stereocenters. The summed E-state index contributed by atoms with van der Waals surface area (Å²) in [4.78, 5) is 13.2. The van der Waals surface area contributed by atoms with Crippen molar-refractivity contribution in [3.63, 3.8) is 0 Å². The lowest BCUT2D eigenvalue weighted by Crippen LogP contribution is -2.41. The number of thioether (sulfide) groups is 1. The van der Waals surface area contributed by atoms with E-state index in [-0.39, 0.29) is 11.9 Å². The van der Waals surface area contributed by atoms with Gasteiger partial charge >= 0.3 is 0 Å². The van der Waals surface area contributed by atoms with E-state index in [1.165, 1.54) is 11.8 Å². The van der Waals surface area contributed by atoms with E-state index in [0.29, 0.717) is 11.8 Å². The molecule has 0 saturated heterocycles. The molecule has 2 aromatic carbocycles. The van der Waals surface area contributed by atoms with Crippen molar-refractivity contribution in [1.82, 2.24) is 14.9 Å². The van der Waals surface area contributed by atoms with Gasteiger partial charge in [0.05, 0.1) is 12.6 Å².